The summed E-state index contributed by atoms with van der Waals surface area (Å²) in [5.74, 6) is -6.16. The van der Waals surface area contributed by atoms with Gasteiger partial charge in [0, 0.05) is 0 Å². The first-order valence-corrected chi connectivity index (χ1v) is 3.14. The third-order valence-corrected chi connectivity index (χ3v) is 2.06. The Balaban J connectivity index is 3.30. The summed E-state index contributed by atoms with van der Waals surface area (Å²) in [7, 11) is 0. The lowest BCUT2D eigenvalue weighted by Crippen LogP contribution is -2.42. The molecular weight excluding hydrogens is 250 g/mol. The summed E-state index contributed by atoms with van der Waals surface area (Å²) in [6.07, 6.45) is -13.3. The molecule has 0 aliphatic heterocycles. The van der Waals surface area contributed by atoms with Gasteiger partial charge in [-0.3, -0.25) is 0 Å². The largest absolute Gasteiger partial charge is 0.432 e. The minimum absolute atomic E-state index is 6.16. The van der Waals surface area contributed by atoms with E-state index < -0.39 is 29.6 Å². The van der Waals surface area contributed by atoms with Crippen molar-refractivity contribution in [3.05, 3.63) is 0 Å². The predicted octanol–water partition coefficient (Wildman–Crippen LogP) is 3.18. The molecule has 0 spiro atoms. The number of hydrogen-bond donors (Lipinski definition) is 0. The summed E-state index contributed by atoms with van der Waals surface area (Å²) in [5, 5.41) is 0. The van der Waals surface area contributed by atoms with Crippen molar-refractivity contribution in [3.63, 3.8) is 0 Å². The van der Waals surface area contributed by atoms with Crippen LogP contribution >= 0.6 is 0 Å². The molecule has 0 heterocycles. The second-order valence-electron chi connectivity index (χ2n) is 2.89. The third kappa shape index (κ3) is 0.949. The molecule has 0 amide bonds. The van der Waals surface area contributed by atoms with E-state index in [1.54, 1.807) is 0 Å². The minimum Gasteiger partial charge on any atom is -0.222 e. The van der Waals surface area contributed by atoms with Gasteiger partial charge in [0.15, 0.2) is 0 Å². The lowest BCUT2D eigenvalue weighted by molar-refractivity contribution is -0.258. The standard InChI is InChI=1S/C5F10/c6-1(4(10,11)12)2(7,3(1,8)9)5(13,14)15. The SMILES string of the molecule is FC(F)(F)C1(F)C(F)(F)C1(F)C(F)(F)F. The van der Waals surface area contributed by atoms with Crippen LogP contribution in [0.3, 0.4) is 0 Å². The average Bonchev–Trinajstić information content (AvgIpc) is 2.29. The lowest BCUT2D eigenvalue weighted by atomic mass is 10.2. The van der Waals surface area contributed by atoms with Gasteiger partial charge in [-0.15, -0.1) is 0 Å². The van der Waals surface area contributed by atoms with Crippen LogP contribution in [-0.4, -0.2) is 29.6 Å². The van der Waals surface area contributed by atoms with Crippen molar-refractivity contribution in [1.29, 1.82) is 0 Å². The fourth-order valence-electron chi connectivity index (χ4n) is 1.17. The smallest absolute Gasteiger partial charge is 0.222 e. The molecule has 1 aliphatic carbocycles. The first-order chi connectivity index (χ1) is 6.25. The summed E-state index contributed by atoms with van der Waals surface area (Å²) in [6, 6.07) is 0. The van der Waals surface area contributed by atoms with Crippen molar-refractivity contribution >= 4 is 0 Å². The van der Waals surface area contributed by atoms with Gasteiger partial charge in [-0.05, 0) is 0 Å². The van der Waals surface area contributed by atoms with Crippen LogP contribution in [0.15, 0.2) is 0 Å². The van der Waals surface area contributed by atoms with Crippen LogP contribution in [0, 0.1) is 0 Å². The molecule has 0 aromatic rings. The van der Waals surface area contributed by atoms with Gasteiger partial charge < -0.3 is 0 Å². The van der Waals surface area contributed by atoms with Crippen molar-refractivity contribution in [2.75, 3.05) is 0 Å². The Morgan fingerprint density at radius 2 is 0.733 bits per heavy atom. The Bertz CT molecular complexity index is 257. The molecule has 0 aromatic carbocycles. The van der Waals surface area contributed by atoms with Crippen LogP contribution in [0.2, 0.25) is 0 Å². The van der Waals surface area contributed by atoms with Crippen LogP contribution in [0.5, 0.6) is 0 Å². The molecule has 0 aromatic heterocycles. The molecule has 0 bridgehead atoms. The van der Waals surface area contributed by atoms with Crippen LogP contribution in [0.25, 0.3) is 0 Å². The molecule has 0 saturated heterocycles. The Hall–Kier alpha value is -0.700. The molecule has 1 aliphatic rings. The van der Waals surface area contributed by atoms with Crippen molar-refractivity contribution in [3.8, 4) is 0 Å². The molecule has 1 rings (SSSR count). The molecule has 2 unspecified atom stereocenters. The maximum atomic E-state index is 12.4. The average molecular weight is 250 g/mol. The van der Waals surface area contributed by atoms with Crippen LogP contribution in [0.1, 0.15) is 0 Å². The molecule has 0 N–H and O–H groups in total. The van der Waals surface area contributed by atoms with E-state index in [9.17, 15) is 43.9 Å². The van der Waals surface area contributed by atoms with Gasteiger partial charge in [0.25, 0.3) is 0 Å². The summed E-state index contributed by atoms with van der Waals surface area (Å²) < 4.78 is 118. The molecule has 1 saturated carbocycles. The fourth-order valence-corrected chi connectivity index (χ4v) is 1.17. The van der Waals surface area contributed by atoms with Gasteiger partial charge in [-0.2, -0.15) is 35.1 Å². The second-order valence-corrected chi connectivity index (χ2v) is 2.89. The van der Waals surface area contributed by atoms with Crippen molar-refractivity contribution in [2.24, 2.45) is 0 Å². The van der Waals surface area contributed by atoms with Gasteiger partial charge in [0.1, 0.15) is 0 Å². The van der Waals surface area contributed by atoms with Crippen LogP contribution < -0.4 is 0 Å². The zero-order valence-corrected chi connectivity index (χ0v) is 6.28. The van der Waals surface area contributed by atoms with E-state index in [1.165, 1.54) is 0 Å². The Morgan fingerprint density at radius 3 is 0.800 bits per heavy atom. The van der Waals surface area contributed by atoms with Gasteiger partial charge >= 0.3 is 29.6 Å². The quantitative estimate of drug-likeness (QED) is 0.579. The van der Waals surface area contributed by atoms with Gasteiger partial charge in [-0.25, -0.2) is 8.78 Å². The van der Waals surface area contributed by atoms with E-state index in [-0.39, 0.29) is 0 Å². The molecule has 0 radical (unpaired) electrons. The number of alkyl halides is 10. The summed E-state index contributed by atoms with van der Waals surface area (Å²) in [4.78, 5) is 0. The first kappa shape index (κ1) is 12.4. The molecule has 10 heteroatoms. The van der Waals surface area contributed by atoms with E-state index in [0.717, 1.165) is 0 Å². The number of hydrogen-bond acceptors (Lipinski definition) is 0. The highest BCUT2D eigenvalue weighted by atomic mass is 19.4. The van der Waals surface area contributed by atoms with Crippen molar-refractivity contribution in [1.82, 2.24) is 0 Å². The third-order valence-electron chi connectivity index (χ3n) is 2.06. The monoisotopic (exact) mass is 250 g/mol. The van der Waals surface area contributed by atoms with Gasteiger partial charge in [-0.1, -0.05) is 0 Å². The molecule has 90 valence electrons. The zero-order valence-electron chi connectivity index (χ0n) is 6.28. The maximum absolute atomic E-state index is 12.4. The Kier molecular flexibility index (Phi) is 1.93. The topological polar surface area (TPSA) is 0 Å². The highest BCUT2D eigenvalue weighted by Gasteiger charge is 3.12. The van der Waals surface area contributed by atoms with E-state index in [0.29, 0.717) is 0 Å². The molecule has 15 heavy (non-hydrogen) atoms. The highest BCUT2D eigenvalue weighted by Crippen LogP contribution is 2.77. The van der Waals surface area contributed by atoms with Crippen molar-refractivity contribution in [2.45, 2.75) is 29.6 Å². The summed E-state index contributed by atoms with van der Waals surface area (Å²) in [6.45, 7) is 0. The first-order valence-electron chi connectivity index (χ1n) is 3.14. The Morgan fingerprint density at radius 1 is 0.533 bits per heavy atom. The molecule has 1 fully saturated rings. The van der Waals surface area contributed by atoms with E-state index in [1.807, 2.05) is 0 Å². The summed E-state index contributed by atoms with van der Waals surface area (Å²) in [5.41, 5.74) is -12.4. The minimum atomic E-state index is -6.64. The predicted molar refractivity (Wildman–Crippen MR) is 24.7 cm³/mol. The van der Waals surface area contributed by atoms with Gasteiger partial charge in [0.05, 0.1) is 0 Å². The molecule has 0 nitrogen and oxygen atoms in total. The Labute approximate surface area is 74.8 Å². The highest BCUT2D eigenvalue weighted by molar-refractivity contribution is 5.39. The lowest BCUT2D eigenvalue weighted by Gasteiger charge is -2.14. The number of rotatable bonds is 0. The zero-order chi connectivity index (χ0) is 12.5. The van der Waals surface area contributed by atoms with Crippen molar-refractivity contribution < 1.29 is 43.9 Å². The van der Waals surface area contributed by atoms with E-state index in [4.69, 9.17) is 0 Å². The molecule has 2 atom stereocenters. The maximum Gasteiger partial charge on any atom is 0.432 e. The normalized spacial score (nSPS) is 40.4. The molecular formula is C5F10. The van der Waals surface area contributed by atoms with Gasteiger partial charge in [0.2, 0.25) is 0 Å². The fraction of sp³-hybridized carbons (Fsp3) is 1.00. The second kappa shape index (κ2) is 2.34. The van der Waals surface area contributed by atoms with E-state index in [2.05, 4.69) is 0 Å². The van der Waals surface area contributed by atoms with E-state index >= 15 is 0 Å². The van der Waals surface area contributed by atoms with Crippen LogP contribution in [0.4, 0.5) is 43.9 Å². The number of halogens is 10. The summed E-state index contributed by atoms with van der Waals surface area (Å²) >= 11 is 0. The van der Waals surface area contributed by atoms with Crippen LogP contribution in [-0.2, 0) is 0 Å².